The van der Waals surface area contributed by atoms with Gasteiger partial charge in [0, 0.05) is 37.2 Å². The molecule has 4 rings (SSSR count). The predicted octanol–water partition coefficient (Wildman–Crippen LogP) is 2.53. The highest BCUT2D eigenvalue weighted by Crippen LogP contribution is 2.24. The van der Waals surface area contributed by atoms with E-state index in [1.165, 1.54) is 0 Å². The van der Waals surface area contributed by atoms with Gasteiger partial charge in [-0.1, -0.05) is 17.7 Å². The third-order valence-electron chi connectivity index (χ3n) is 5.34. The summed E-state index contributed by atoms with van der Waals surface area (Å²) in [6.07, 6.45) is 6.26. The van der Waals surface area contributed by atoms with Crippen molar-refractivity contribution in [3.8, 4) is 0 Å². The van der Waals surface area contributed by atoms with Crippen molar-refractivity contribution in [2.75, 3.05) is 13.1 Å². The molecule has 0 radical (unpaired) electrons. The fraction of sp³-hybridized carbons (Fsp3) is 0.304. The highest BCUT2D eigenvalue weighted by atomic mass is 16.2. The van der Waals surface area contributed by atoms with Crippen molar-refractivity contribution in [1.29, 1.82) is 0 Å². The van der Waals surface area contributed by atoms with Crippen molar-refractivity contribution in [3.05, 3.63) is 83.4 Å². The van der Waals surface area contributed by atoms with Gasteiger partial charge in [-0.15, -0.1) is 0 Å². The number of aromatic nitrogens is 3. The minimum atomic E-state index is -0.182. The van der Waals surface area contributed by atoms with E-state index in [0.717, 1.165) is 23.2 Å². The molecule has 0 aliphatic carbocycles. The van der Waals surface area contributed by atoms with Crippen molar-refractivity contribution in [1.82, 2.24) is 25.0 Å². The number of carbonyl (C=O) groups excluding carboxylic acids is 2. The van der Waals surface area contributed by atoms with Gasteiger partial charge in [0.2, 0.25) is 5.91 Å². The zero-order valence-corrected chi connectivity index (χ0v) is 17.0. The highest BCUT2D eigenvalue weighted by Gasteiger charge is 2.30. The van der Waals surface area contributed by atoms with Crippen LogP contribution in [0.5, 0.6) is 0 Å². The van der Waals surface area contributed by atoms with Gasteiger partial charge in [-0.05, 0) is 49.2 Å². The summed E-state index contributed by atoms with van der Waals surface area (Å²) in [4.78, 5) is 31.4. The lowest BCUT2D eigenvalue weighted by atomic mass is 10.1. The molecule has 0 saturated carbocycles. The second kappa shape index (κ2) is 8.90. The highest BCUT2D eigenvalue weighted by molar-refractivity contribution is 5.94. The van der Waals surface area contributed by atoms with Crippen LogP contribution in [0.4, 0.5) is 0 Å². The van der Waals surface area contributed by atoms with E-state index < -0.39 is 0 Å². The maximum atomic E-state index is 13.0. The van der Waals surface area contributed by atoms with Crippen LogP contribution in [0.25, 0.3) is 0 Å². The van der Waals surface area contributed by atoms with Gasteiger partial charge in [0.05, 0.1) is 24.7 Å². The number of aryl methyl sites for hydroxylation is 1. The monoisotopic (exact) mass is 403 g/mol. The number of pyridine rings is 1. The van der Waals surface area contributed by atoms with Crippen molar-refractivity contribution in [2.45, 2.75) is 32.4 Å². The van der Waals surface area contributed by atoms with Crippen LogP contribution in [0.1, 0.15) is 39.6 Å². The Bertz CT molecular complexity index is 1030. The number of rotatable bonds is 6. The normalized spacial score (nSPS) is 15.5. The largest absolute Gasteiger partial charge is 0.356 e. The molecular weight excluding hydrogens is 378 g/mol. The summed E-state index contributed by atoms with van der Waals surface area (Å²) < 4.78 is 1.88. The molecular formula is C23H25N5O2. The van der Waals surface area contributed by atoms with Gasteiger partial charge in [-0.3, -0.25) is 19.3 Å². The molecule has 1 atom stereocenters. The molecule has 3 aromatic rings. The lowest BCUT2D eigenvalue weighted by Gasteiger charge is -2.33. The second-order valence-electron chi connectivity index (χ2n) is 7.64. The molecule has 2 amide bonds. The van der Waals surface area contributed by atoms with E-state index in [4.69, 9.17) is 0 Å². The lowest BCUT2D eigenvalue weighted by Crippen LogP contribution is -2.43. The van der Waals surface area contributed by atoms with Crippen LogP contribution in [-0.4, -0.2) is 44.6 Å². The molecule has 1 aliphatic rings. The zero-order valence-electron chi connectivity index (χ0n) is 17.0. The van der Waals surface area contributed by atoms with E-state index >= 15 is 0 Å². The first kappa shape index (κ1) is 19.8. The van der Waals surface area contributed by atoms with Crippen molar-refractivity contribution in [3.63, 3.8) is 0 Å². The Hall–Kier alpha value is -3.48. The van der Waals surface area contributed by atoms with Crippen LogP contribution in [0.2, 0.25) is 0 Å². The topological polar surface area (TPSA) is 80.1 Å². The molecule has 3 heterocycles. The van der Waals surface area contributed by atoms with E-state index in [1.807, 2.05) is 54.1 Å². The smallest absolute Gasteiger partial charge is 0.254 e. The number of hydrogen-bond donors (Lipinski definition) is 1. The summed E-state index contributed by atoms with van der Waals surface area (Å²) in [5.74, 6) is -0.0606. The summed E-state index contributed by atoms with van der Waals surface area (Å²) in [5, 5.41) is 7.37. The van der Waals surface area contributed by atoms with Gasteiger partial charge in [-0.25, -0.2) is 0 Å². The van der Waals surface area contributed by atoms with Crippen LogP contribution in [0.15, 0.2) is 61.1 Å². The lowest BCUT2D eigenvalue weighted by molar-refractivity contribution is -0.122. The summed E-state index contributed by atoms with van der Waals surface area (Å²) in [7, 11) is 0. The third kappa shape index (κ3) is 4.56. The van der Waals surface area contributed by atoms with Gasteiger partial charge in [0.15, 0.2) is 0 Å². The predicted molar refractivity (Wildman–Crippen MR) is 113 cm³/mol. The molecule has 30 heavy (non-hydrogen) atoms. The second-order valence-corrected chi connectivity index (χ2v) is 7.64. The van der Waals surface area contributed by atoms with E-state index in [2.05, 4.69) is 15.4 Å². The number of benzene rings is 1. The standard InChI is InChI=1S/C23H25N5O2/c1-17-3-2-4-19(13-17)23(30)27-15-20-8-12-26-28(20)21(16-27)14-22(29)25-11-7-18-5-9-24-10-6-18/h2-6,8-10,12-13,21H,7,11,14-16H2,1H3,(H,25,29)/t21-/m1/s1. The maximum Gasteiger partial charge on any atom is 0.254 e. The van der Waals surface area contributed by atoms with Crippen molar-refractivity contribution in [2.24, 2.45) is 0 Å². The van der Waals surface area contributed by atoms with Gasteiger partial charge < -0.3 is 10.2 Å². The first-order valence-electron chi connectivity index (χ1n) is 10.1. The van der Waals surface area contributed by atoms with Crippen molar-refractivity contribution < 1.29 is 9.59 Å². The number of fused-ring (bicyclic) bond motifs is 1. The Morgan fingerprint density at radius 1 is 1.13 bits per heavy atom. The molecule has 1 aromatic carbocycles. The SMILES string of the molecule is Cc1cccc(C(=O)N2Cc3ccnn3[C@H](CC(=O)NCCc3ccncc3)C2)c1. The number of carbonyl (C=O) groups is 2. The summed E-state index contributed by atoms with van der Waals surface area (Å²) in [6.45, 7) is 3.49. The first-order chi connectivity index (χ1) is 14.6. The molecule has 7 nitrogen and oxygen atoms in total. The summed E-state index contributed by atoms with van der Waals surface area (Å²) in [6, 6.07) is 13.2. The third-order valence-corrected chi connectivity index (χ3v) is 5.34. The Labute approximate surface area is 175 Å². The molecule has 0 saturated heterocycles. The fourth-order valence-corrected chi connectivity index (χ4v) is 3.84. The van der Waals surface area contributed by atoms with Crippen LogP contribution >= 0.6 is 0 Å². The summed E-state index contributed by atoms with van der Waals surface area (Å²) >= 11 is 0. The average Bonchev–Trinajstić information content (AvgIpc) is 3.23. The quantitative estimate of drug-likeness (QED) is 0.686. The molecule has 7 heteroatoms. The van der Waals surface area contributed by atoms with Crippen LogP contribution in [0.3, 0.4) is 0 Å². The Kier molecular flexibility index (Phi) is 5.88. The van der Waals surface area contributed by atoms with Gasteiger partial charge in [0.25, 0.3) is 5.91 Å². The molecule has 2 aromatic heterocycles. The average molecular weight is 403 g/mol. The first-order valence-corrected chi connectivity index (χ1v) is 10.1. The number of nitrogens with one attached hydrogen (secondary N) is 1. The summed E-state index contributed by atoms with van der Waals surface area (Å²) in [5.41, 5.74) is 3.79. The molecule has 1 N–H and O–H groups in total. The minimum Gasteiger partial charge on any atom is -0.356 e. The van der Waals surface area contributed by atoms with E-state index in [0.29, 0.717) is 25.2 Å². The molecule has 154 valence electrons. The van der Waals surface area contributed by atoms with Gasteiger partial charge >= 0.3 is 0 Å². The molecule has 0 unspecified atom stereocenters. The zero-order chi connectivity index (χ0) is 20.9. The van der Waals surface area contributed by atoms with E-state index in [9.17, 15) is 9.59 Å². The van der Waals surface area contributed by atoms with E-state index in [1.54, 1.807) is 23.5 Å². The van der Waals surface area contributed by atoms with Crippen LogP contribution in [-0.2, 0) is 17.8 Å². The number of nitrogens with zero attached hydrogens (tertiary/aromatic N) is 4. The van der Waals surface area contributed by atoms with Gasteiger partial charge in [0.1, 0.15) is 0 Å². The Morgan fingerprint density at radius 2 is 1.97 bits per heavy atom. The van der Waals surface area contributed by atoms with Gasteiger partial charge in [-0.2, -0.15) is 5.10 Å². The number of amides is 2. The molecule has 0 fully saturated rings. The minimum absolute atomic E-state index is 0.0192. The van der Waals surface area contributed by atoms with Crippen LogP contribution < -0.4 is 5.32 Å². The van der Waals surface area contributed by atoms with E-state index in [-0.39, 0.29) is 24.3 Å². The fourth-order valence-electron chi connectivity index (χ4n) is 3.84. The maximum absolute atomic E-state index is 13.0. The van der Waals surface area contributed by atoms with Crippen molar-refractivity contribution >= 4 is 11.8 Å². The Balaban J connectivity index is 1.40. The molecule has 1 aliphatic heterocycles. The molecule has 0 spiro atoms. The van der Waals surface area contributed by atoms with Crippen LogP contribution in [0, 0.1) is 6.92 Å². The number of hydrogen-bond acceptors (Lipinski definition) is 4. The Morgan fingerprint density at radius 3 is 2.77 bits per heavy atom. The molecule has 0 bridgehead atoms.